The van der Waals surface area contributed by atoms with Gasteiger partial charge in [0.1, 0.15) is 22.2 Å². The Bertz CT molecular complexity index is 853. The molecule has 0 saturated heterocycles. The molecule has 27 heavy (non-hydrogen) atoms. The van der Waals surface area contributed by atoms with Crippen molar-refractivity contribution < 1.29 is 32.3 Å². The molecule has 0 bridgehead atoms. The summed E-state index contributed by atoms with van der Waals surface area (Å²) in [5.74, 6) is -3.40. The number of carbonyl (C=O) groups is 3. The summed E-state index contributed by atoms with van der Waals surface area (Å²) >= 11 is 0.810. The van der Waals surface area contributed by atoms with E-state index in [0.717, 1.165) is 11.3 Å². The van der Waals surface area contributed by atoms with E-state index in [4.69, 9.17) is 9.47 Å². The van der Waals surface area contributed by atoms with Crippen molar-refractivity contribution in [2.75, 3.05) is 30.0 Å². The maximum Gasteiger partial charge on any atom is 0.348 e. The Morgan fingerprint density at radius 1 is 1.15 bits per heavy atom. The van der Waals surface area contributed by atoms with Crippen LogP contribution < -0.4 is 5.32 Å². The van der Waals surface area contributed by atoms with E-state index in [1.807, 2.05) is 0 Å². The lowest BCUT2D eigenvalue weighted by molar-refractivity contribution is -0.113. The molecule has 1 rings (SSSR count). The largest absolute Gasteiger partial charge is 0.462 e. The first kappa shape index (κ1) is 22.6. The molecule has 1 heterocycles. The molecule has 1 aromatic rings. The van der Waals surface area contributed by atoms with E-state index in [2.05, 4.69) is 18.5 Å². The molecule has 0 unspecified atom stereocenters. The van der Waals surface area contributed by atoms with E-state index in [1.165, 1.54) is 19.1 Å². The molecule has 10 heteroatoms. The molecule has 1 N–H and O–H groups in total. The number of hydrogen-bond acceptors (Lipinski definition) is 8. The van der Waals surface area contributed by atoms with E-state index in [9.17, 15) is 22.8 Å². The molecule has 0 aliphatic carbocycles. The van der Waals surface area contributed by atoms with Gasteiger partial charge in [0.25, 0.3) is 0 Å². The highest BCUT2D eigenvalue weighted by Gasteiger charge is 2.28. The minimum Gasteiger partial charge on any atom is -0.462 e. The summed E-state index contributed by atoms with van der Waals surface area (Å²) in [7, 11) is -3.67. The molecule has 0 aliphatic rings. The number of sulfone groups is 1. The maximum atomic E-state index is 12.2. The lowest BCUT2D eigenvalue weighted by Crippen LogP contribution is -2.24. The Balaban J connectivity index is 3.21. The first-order valence-electron chi connectivity index (χ1n) is 7.86. The highest BCUT2D eigenvalue weighted by Crippen LogP contribution is 2.34. The molecule has 0 aromatic carbocycles. The number of anilines is 1. The molecule has 148 valence electrons. The third kappa shape index (κ3) is 6.33. The summed E-state index contributed by atoms with van der Waals surface area (Å²) in [6.45, 7) is 9.96. The average molecular weight is 415 g/mol. The Hall–Kier alpha value is -2.46. The molecular weight excluding hydrogens is 394 g/mol. The molecule has 0 atom stereocenters. The molecule has 0 radical (unpaired) electrons. The standard InChI is InChI=1S/C17H21NO7S2/c1-5-8-25-17(21)14-11(4)13(16(20)24-7-3)15(26-14)18-12(19)10-27(22,23)9-6-2/h5-6H,1-2,7-10H2,3-4H3,(H,18,19). The monoisotopic (exact) mass is 415 g/mol. The SMILES string of the molecule is C=CCOC(=O)c1sc(NC(=O)CS(=O)(=O)CC=C)c(C(=O)OCC)c1C. The van der Waals surface area contributed by atoms with Gasteiger partial charge in [-0.25, -0.2) is 18.0 Å². The summed E-state index contributed by atoms with van der Waals surface area (Å²) < 4.78 is 33.4. The Morgan fingerprint density at radius 2 is 1.81 bits per heavy atom. The quantitative estimate of drug-likeness (QED) is 0.459. The van der Waals surface area contributed by atoms with Crippen LogP contribution in [0.25, 0.3) is 0 Å². The summed E-state index contributed by atoms with van der Waals surface area (Å²) in [5, 5.41) is 2.40. The van der Waals surface area contributed by atoms with Crippen molar-refractivity contribution in [2.24, 2.45) is 0 Å². The fraction of sp³-hybridized carbons (Fsp3) is 0.353. The third-order valence-electron chi connectivity index (χ3n) is 3.12. The van der Waals surface area contributed by atoms with E-state index >= 15 is 0 Å². The van der Waals surface area contributed by atoms with Gasteiger partial charge in [0.05, 0.1) is 17.9 Å². The Morgan fingerprint density at radius 3 is 2.37 bits per heavy atom. The van der Waals surface area contributed by atoms with Crippen molar-refractivity contribution in [1.82, 2.24) is 0 Å². The number of amides is 1. The van der Waals surface area contributed by atoms with Crippen LogP contribution in [0.2, 0.25) is 0 Å². The van der Waals surface area contributed by atoms with Crippen LogP contribution in [-0.4, -0.2) is 51.0 Å². The molecule has 0 fully saturated rings. The van der Waals surface area contributed by atoms with Gasteiger partial charge in [-0.1, -0.05) is 18.7 Å². The zero-order valence-electron chi connectivity index (χ0n) is 15.1. The van der Waals surface area contributed by atoms with Crippen molar-refractivity contribution in [3.63, 3.8) is 0 Å². The van der Waals surface area contributed by atoms with Gasteiger partial charge in [0.15, 0.2) is 9.84 Å². The number of nitrogens with one attached hydrogen (secondary N) is 1. The zero-order valence-corrected chi connectivity index (χ0v) is 16.7. The number of hydrogen-bond donors (Lipinski definition) is 1. The smallest absolute Gasteiger partial charge is 0.348 e. The maximum absolute atomic E-state index is 12.2. The van der Waals surface area contributed by atoms with Crippen LogP contribution in [0.5, 0.6) is 0 Å². The number of thiophene rings is 1. The van der Waals surface area contributed by atoms with Crippen LogP contribution in [0, 0.1) is 6.92 Å². The minimum absolute atomic E-state index is 0.0122. The van der Waals surface area contributed by atoms with Crippen molar-refractivity contribution in [2.45, 2.75) is 13.8 Å². The number of carbonyl (C=O) groups excluding carboxylic acids is 3. The van der Waals surface area contributed by atoms with Gasteiger partial charge < -0.3 is 14.8 Å². The molecule has 1 amide bonds. The van der Waals surface area contributed by atoms with Gasteiger partial charge in [-0.15, -0.1) is 17.9 Å². The lowest BCUT2D eigenvalue weighted by Gasteiger charge is -2.07. The topological polar surface area (TPSA) is 116 Å². The number of esters is 2. The van der Waals surface area contributed by atoms with Gasteiger partial charge >= 0.3 is 11.9 Å². The second-order valence-electron chi connectivity index (χ2n) is 5.26. The van der Waals surface area contributed by atoms with Crippen molar-refractivity contribution in [3.05, 3.63) is 41.3 Å². The van der Waals surface area contributed by atoms with E-state index in [0.29, 0.717) is 0 Å². The molecule has 0 spiro atoms. The van der Waals surface area contributed by atoms with E-state index in [1.54, 1.807) is 6.92 Å². The Labute approximate surface area is 161 Å². The molecule has 8 nitrogen and oxygen atoms in total. The summed E-state index contributed by atoms with van der Waals surface area (Å²) in [6.07, 6.45) is 2.57. The van der Waals surface area contributed by atoms with Gasteiger partial charge in [-0.05, 0) is 19.4 Å². The third-order valence-corrected chi connectivity index (χ3v) is 5.75. The van der Waals surface area contributed by atoms with E-state index in [-0.39, 0.29) is 40.0 Å². The first-order valence-corrected chi connectivity index (χ1v) is 10.5. The zero-order chi connectivity index (χ0) is 20.6. The second kappa shape index (κ2) is 10.0. The van der Waals surface area contributed by atoms with Crippen LogP contribution in [-0.2, 0) is 24.1 Å². The Kier molecular flexibility index (Phi) is 8.38. The first-order chi connectivity index (χ1) is 12.7. The van der Waals surface area contributed by atoms with Crippen LogP contribution in [0.1, 0.15) is 32.5 Å². The van der Waals surface area contributed by atoms with Gasteiger partial charge in [0.2, 0.25) is 5.91 Å². The van der Waals surface area contributed by atoms with Crippen LogP contribution in [0.3, 0.4) is 0 Å². The molecule has 0 aliphatic heterocycles. The normalized spacial score (nSPS) is 10.7. The predicted molar refractivity (Wildman–Crippen MR) is 103 cm³/mol. The molecule has 1 aromatic heterocycles. The second-order valence-corrected chi connectivity index (χ2v) is 8.39. The molecule has 0 saturated carbocycles. The fourth-order valence-electron chi connectivity index (χ4n) is 2.05. The predicted octanol–water partition coefficient (Wildman–Crippen LogP) is 2.12. The van der Waals surface area contributed by atoms with Crippen LogP contribution >= 0.6 is 11.3 Å². The van der Waals surface area contributed by atoms with Crippen molar-refractivity contribution in [1.29, 1.82) is 0 Å². The summed E-state index contributed by atoms with van der Waals surface area (Å²) in [5.41, 5.74) is 0.263. The summed E-state index contributed by atoms with van der Waals surface area (Å²) in [4.78, 5) is 36.6. The minimum atomic E-state index is -3.67. The van der Waals surface area contributed by atoms with Crippen molar-refractivity contribution in [3.8, 4) is 0 Å². The lowest BCUT2D eigenvalue weighted by atomic mass is 10.1. The molecular formula is C17H21NO7S2. The van der Waals surface area contributed by atoms with Gasteiger partial charge in [0, 0.05) is 0 Å². The van der Waals surface area contributed by atoms with Gasteiger partial charge in [-0.2, -0.15) is 0 Å². The van der Waals surface area contributed by atoms with Crippen LogP contribution in [0.15, 0.2) is 25.3 Å². The van der Waals surface area contributed by atoms with Gasteiger partial charge in [-0.3, -0.25) is 4.79 Å². The van der Waals surface area contributed by atoms with Crippen LogP contribution in [0.4, 0.5) is 5.00 Å². The highest BCUT2D eigenvalue weighted by atomic mass is 32.2. The number of ether oxygens (including phenoxy) is 2. The van der Waals surface area contributed by atoms with E-state index < -0.39 is 33.4 Å². The summed E-state index contributed by atoms with van der Waals surface area (Å²) in [6, 6.07) is 0. The fourth-order valence-corrected chi connectivity index (χ4v) is 4.10. The van der Waals surface area contributed by atoms with Crippen molar-refractivity contribution >= 4 is 44.0 Å². The number of rotatable bonds is 10. The highest BCUT2D eigenvalue weighted by molar-refractivity contribution is 7.92. The average Bonchev–Trinajstić information content (AvgIpc) is 2.88.